The Labute approximate surface area is 117 Å². The summed E-state index contributed by atoms with van der Waals surface area (Å²) >= 11 is 2.07. The highest BCUT2D eigenvalue weighted by Gasteiger charge is 2.14. The van der Waals surface area contributed by atoms with Crippen molar-refractivity contribution < 1.29 is 0 Å². The summed E-state index contributed by atoms with van der Waals surface area (Å²) in [6.45, 7) is 12.3. The van der Waals surface area contributed by atoms with E-state index in [1.807, 2.05) is 0 Å². The summed E-state index contributed by atoms with van der Waals surface area (Å²) in [4.78, 5) is 0. The minimum Gasteiger partial charge on any atom is -0.310 e. The van der Waals surface area contributed by atoms with Crippen molar-refractivity contribution in [1.82, 2.24) is 5.32 Å². The monoisotopic (exact) mass is 265 g/mol. The Kier molecular flexibility index (Phi) is 6.80. The third-order valence-corrected chi connectivity index (χ3v) is 4.99. The van der Waals surface area contributed by atoms with Gasteiger partial charge in [0.1, 0.15) is 0 Å². The van der Waals surface area contributed by atoms with E-state index in [2.05, 4.69) is 76.0 Å². The maximum Gasteiger partial charge on any atom is 0.0411 e. The molecule has 1 aromatic carbocycles. The molecule has 0 aliphatic heterocycles. The van der Waals surface area contributed by atoms with Gasteiger partial charge in [-0.1, -0.05) is 57.5 Å². The highest BCUT2D eigenvalue weighted by Crippen LogP contribution is 2.25. The molecule has 2 heteroatoms. The van der Waals surface area contributed by atoms with Crippen LogP contribution >= 0.6 is 11.8 Å². The minimum atomic E-state index is 0.474. The maximum absolute atomic E-state index is 3.59. The molecule has 18 heavy (non-hydrogen) atoms. The molecule has 0 aliphatic rings. The van der Waals surface area contributed by atoms with Crippen molar-refractivity contribution in [3.8, 4) is 0 Å². The summed E-state index contributed by atoms with van der Waals surface area (Å²) in [6, 6.07) is 9.39. The lowest BCUT2D eigenvalue weighted by Gasteiger charge is -2.22. The molecule has 1 N–H and O–H groups in total. The molecule has 0 aliphatic carbocycles. The van der Waals surface area contributed by atoms with Gasteiger partial charge in [-0.3, -0.25) is 0 Å². The van der Waals surface area contributed by atoms with Gasteiger partial charge in [-0.25, -0.2) is 0 Å². The molecule has 1 rings (SSSR count). The minimum absolute atomic E-state index is 0.474. The second-order valence-electron chi connectivity index (χ2n) is 5.30. The summed E-state index contributed by atoms with van der Waals surface area (Å²) in [5.74, 6) is 1.89. The van der Waals surface area contributed by atoms with Crippen LogP contribution in [0.2, 0.25) is 0 Å². The predicted octanol–water partition coefficient (Wildman–Crippen LogP) is 4.42. The van der Waals surface area contributed by atoms with Crippen LogP contribution < -0.4 is 5.32 Å². The SMILES string of the molecule is CCNC(CSC(C)C(C)C)c1ccc(C)cc1. The Hall–Kier alpha value is -0.470. The Balaban J connectivity index is 2.62. The van der Waals surface area contributed by atoms with Crippen LogP contribution in [0, 0.1) is 12.8 Å². The number of thioether (sulfide) groups is 1. The maximum atomic E-state index is 3.59. The summed E-state index contributed by atoms with van der Waals surface area (Å²) < 4.78 is 0. The largest absolute Gasteiger partial charge is 0.310 e. The molecule has 0 saturated heterocycles. The molecule has 0 spiro atoms. The number of rotatable bonds is 7. The molecule has 1 aromatic rings. The van der Waals surface area contributed by atoms with Crippen LogP contribution in [0.15, 0.2) is 24.3 Å². The molecule has 0 saturated carbocycles. The first-order chi connectivity index (χ1) is 8.54. The third-order valence-electron chi connectivity index (χ3n) is 3.39. The van der Waals surface area contributed by atoms with Crippen LogP contribution in [-0.4, -0.2) is 17.5 Å². The van der Waals surface area contributed by atoms with E-state index in [1.54, 1.807) is 0 Å². The van der Waals surface area contributed by atoms with Crippen LogP contribution in [0.25, 0.3) is 0 Å². The number of nitrogens with one attached hydrogen (secondary N) is 1. The van der Waals surface area contributed by atoms with Crippen LogP contribution in [0.4, 0.5) is 0 Å². The van der Waals surface area contributed by atoms with Crippen molar-refractivity contribution in [2.24, 2.45) is 5.92 Å². The zero-order valence-corrected chi connectivity index (χ0v) is 13.2. The van der Waals surface area contributed by atoms with Gasteiger partial charge >= 0.3 is 0 Å². The summed E-state index contributed by atoms with van der Waals surface area (Å²) in [6.07, 6.45) is 0. The predicted molar refractivity (Wildman–Crippen MR) is 84.4 cm³/mol. The standard InChI is InChI=1S/C16H27NS/c1-6-17-16(11-18-14(5)12(2)3)15-9-7-13(4)8-10-15/h7-10,12,14,16-17H,6,11H2,1-5H3. The number of aryl methyl sites for hydroxylation is 1. The second kappa shape index (κ2) is 7.85. The molecule has 2 unspecified atom stereocenters. The molecular formula is C16H27NS. The first-order valence-electron chi connectivity index (χ1n) is 6.96. The van der Waals surface area contributed by atoms with Gasteiger partial charge in [0, 0.05) is 17.0 Å². The molecule has 0 amide bonds. The van der Waals surface area contributed by atoms with Crippen molar-refractivity contribution in [3.05, 3.63) is 35.4 Å². The molecule has 2 atom stereocenters. The van der Waals surface area contributed by atoms with Crippen LogP contribution in [0.3, 0.4) is 0 Å². The third kappa shape index (κ3) is 5.03. The van der Waals surface area contributed by atoms with E-state index in [1.165, 1.54) is 11.1 Å². The number of hydrogen-bond acceptors (Lipinski definition) is 2. The van der Waals surface area contributed by atoms with E-state index < -0.39 is 0 Å². The van der Waals surface area contributed by atoms with E-state index in [4.69, 9.17) is 0 Å². The summed E-state index contributed by atoms with van der Waals surface area (Å²) in [5.41, 5.74) is 2.74. The van der Waals surface area contributed by atoms with E-state index in [9.17, 15) is 0 Å². The Bertz CT molecular complexity index is 331. The molecule has 0 aromatic heterocycles. The zero-order chi connectivity index (χ0) is 13.5. The number of benzene rings is 1. The summed E-state index contributed by atoms with van der Waals surface area (Å²) in [5, 5.41) is 4.31. The molecule has 0 bridgehead atoms. The Morgan fingerprint density at radius 3 is 2.22 bits per heavy atom. The first-order valence-corrected chi connectivity index (χ1v) is 8.01. The molecule has 0 fully saturated rings. The van der Waals surface area contributed by atoms with Crippen molar-refractivity contribution in [2.45, 2.75) is 45.9 Å². The molecule has 0 radical (unpaired) electrons. The zero-order valence-electron chi connectivity index (χ0n) is 12.4. The molecule has 1 nitrogen and oxygen atoms in total. The van der Waals surface area contributed by atoms with E-state index >= 15 is 0 Å². The summed E-state index contributed by atoms with van der Waals surface area (Å²) in [7, 11) is 0. The topological polar surface area (TPSA) is 12.0 Å². The average molecular weight is 265 g/mol. The number of hydrogen-bond donors (Lipinski definition) is 1. The second-order valence-corrected chi connectivity index (χ2v) is 6.71. The highest BCUT2D eigenvalue weighted by molar-refractivity contribution is 7.99. The quantitative estimate of drug-likeness (QED) is 0.783. The lowest BCUT2D eigenvalue weighted by Crippen LogP contribution is -2.24. The lowest BCUT2D eigenvalue weighted by atomic mass is 10.1. The Morgan fingerprint density at radius 1 is 1.11 bits per heavy atom. The molecule has 102 valence electrons. The van der Waals surface area contributed by atoms with E-state index in [-0.39, 0.29) is 0 Å². The van der Waals surface area contributed by atoms with Crippen LogP contribution in [0.1, 0.15) is 44.9 Å². The van der Waals surface area contributed by atoms with Crippen molar-refractivity contribution in [3.63, 3.8) is 0 Å². The fraction of sp³-hybridized carbons (Fsp3) is 0.625. The fourth-order valence-corrected chi connectivity index (χ4v) is 2.95. The van der Waals surface area contributed by atoms with Crippen molar-refractivity contribution in [1.29, 1.82) is 0 Å². The van der Waals surface area contributed by atoms with Gasteiger partial charge in [0.05, 0.1) is 0 Å². The van der Waals surface area contributed by atoms with Gasteiger partial charge < -0.3 is 5.32 Å². The van der Waals surface area contributed by atoms with Gasteiger partial charge in [-0.05, 0) is 24.9 Å². The fourth-order valence-electron chi connectivity index (χ4n) is 1.76. The van der Waals surface area contributed by atoms with Gasteiger partial charge in [-0.15, -0.1) is 0 Å². The average Bonchev–Trinajstić information content (AvgIpc) is 2.35. The van der Waals surface area contributed by atoms with Gasteiger partial charge in [0.15, 0.2) is 0 Å². The van der Waals surface area contributed by atoms with Crippen molar-refractivity contribution in [2.75, 3.05) is 12.3 Å². The van der Waals surface area contributed by atoms with Gasteiger partial charge in [0.25, 0.3) is 0 Å². The first kappa shape index (κ1) is 15.6. The molecule has 0 heterocycles. The molecular weight excluding hydrogens is 238 g/mol. The van der Waals surface area contributed by atoms with E-state index in [0.29, 0.717) is 6.04 Å². The van der Waals surface area contributed by atoms with Crippen molar-refractivity contribution >= 4 is 11.8 Å². The smallest absolute Gasteiger partial charge is 0.0411 e. The van der Waals surface area contributed by atoms with Crippen LogP contribution in [-0.2, 0) is 0 Å². The Morgan fingerprint density at radius 2 is 1.72 bits per heavy atom. The normalized spacial score (nSPS) is 14.8. The van der Waals surface area contributed by atoms with Crippen LogP contribution in [0.5, 0.6) is 0 Å². The lowest BCUT2D eigenvalue weighted by molar-refractivity contribution is 0.598. The van der Waals surface area contributed by atoms with Gasteiger partial charge in [0.2, 0.25) is 0 Å². The highest BCUT2D eigenvalue weighted by atomic mass is 32.2. The van der Waals surface area contributed by atoms with Gasteiger partial charge in [-0.2, -0.15) is 11.8 Å². The van der Waals surface area contributed by atoms with E-state index in [0.717, 1.165) is 23.5 Å².